The Labute approximate surface area is 189 Å². The number of amides is 3. The maximum absolute atomic E-state index is 12.5. The summed E-state index contributed by atoms with van der Waals surface area (Å²) < 4.78 is 5.53. The molecular formula is C21H15N3O6S2. The minimum absolute atomic E-state index is 0.0358. The van der Waals surface area contributed by atoms with Gasteiger partial charge in [-0.05, 0) is 53.5 Å². The maximum atomic E-state index is 12.5. The van der Waals surface area contributed by atoms with Gasteiger partial charge in [0.1, 0.15) is 5.76 Å². The number of hydrogen-bond donors (Lipinski definition) is 1. The van der Waals surface area contributed by atoms with Crippen molar-refractivity contribution >= 4 is 51.9 Å². The predicted molar refractivity (Wildman–Crippen MR) is 120 cm³/mol. The van der Waals surface area contributed by atoms with Crippen molar-refractivity contribution in [2.45, 2.75) is 0 Å². The van der Waals surface area contributed by atoms with Gasteiger partial charge in [-0.25, -0.2) is 0 Å². The fourth-order valence-corrected chi connectivity index (χ4v) is 4.51. The Morgan fingerprint density at radius 1 is 1.16 bits per heavy atom. The van der Waals surface area contributed by atoms with E-state index >= 15 is 0 Å². The molecule has 1 saturated heterocycles. The molecule has 4 rings (SSSR count). The van der Waals surface area contributed by atoms with Crippen molar-refractivity contribution in [2.75, 3.05) is 13.1 Å². The van der Waals surface area contributed by atoms with Crippen molar-refractivity contribution in [2.24, 2.45) is 0 Å². The maximum Gasteiger partial charge on any atom is 0.293 e. The van der Waals surface area contributed by atoms with Gasteiger partial charge in [-0.1, -0.05) is 6.07 Å². The number of rotatable bonds is 7. The van der Waals surface area contributed by atoms with Crippen LogP contribution in [0.1, 0.15) is 15.4 Å². The Bertz CT molecular complexity index is 1210. The number of carbonyl (C=O) groups is 3. The first-order valence-corrected chi connectivity index (χ1v) is 11.0. The second kappa shape index (κ2) is 9.20. The van der Waals surface area contributed by atoms with Gasteiger partial charge in [-0.3, -0.25) is 29.4 Å². The van der Waals surface area contributed by atoms with Crippen molar-refractivity contribution < 1.29 is 23.7 Å². The molecule has 1 fully saturated rings. The highest BCUT2D eigenvalue weighted by molar-refractivity contribution is 8.18. The molecule has 32 heavy (non-hydrogen) atoms. The van der Waals surface area contributed by atoms with Crippen LogP contribution in [0.15, 0.2) is 63.2 Å². The lowest BCUT2D eigenvalue weighted by molar-refractivity contribution is -0.384. The van der Waals surface area contributed by atoms with E-state index in [9.17, 15) is 24.5 Å². The summed E-state index contributed by atoms with van der Waals surface area (Å²) in [5.74, 6) is -0.458. The van der Waals surface area contributed by atoms with Gasteiger partial charge >= 0.3 is 0 Å². The molecule has 0 atom stereocenters. The van der Waals surface area contributed by atoms with Crippen LogP contribution in [-0.4, -0.2) is 40.0 Å². The summed E-state index contributed by atoms with van der Waals surface area (Å²) in [4.78, 5) is 49.5. The third-order valence-electron chi connectivity index (χ3n) is 4.50. The molecule has 162 valence electrons. The minimum atomic E-state index is -0.501. The first kappa shape index (κ1) is 21.5. The number of nitro benzene ring substituents is 1. The van der Waals surface area contributed by atoms with Crippen LogP contribution < -0.4 is 5.32 Å². The molecule has 1 N–H and O–H groups in total. The smallest absolute Gasteiger partial charge is 0.293 e. The van der Waals surface area contributed by atoms with Crippen LogP contribution >= 0.6 is 23.1 Å². The van der Waals surface area contributed by atoms with Crippen LogP contribution in [0.2, 0.25) is 0 Å². The highest BCUT2D eigenvalue weighted by Gasteiger charge is 2.34. The topological polar surface area (TPSA) is 123 Å². The molecule has 3 amide bonds. The molecule has 3 aromatic rings. The Hall–Kier alpha value is -3.70. The molecule has 0 aliphatic carbocycles. The number of nitrogens with zero attached hydrogens (tertiary/aromatic N) is 2. The number of nitro groups is 1. The largest absolute Gasteiger partial charge is 0.451 e. The molecule has 1 aromatic carbocycles. The van der Waals surface area contributed by atoms with E-state index in [4.69, 9.17) is 4.42 Å². The number of nitrogens with one attached hydrogen (secondary N) is 1. The zero-order chi connectivity index (χ0) is 22.7. The molecule has 9 nitrogen and oxygen atoms in total. The lowest BCUT2D eigenvalue weighted by atomic mass is 10.1. The molecule has 1 aliphatic heterocycles. The van der Waals surface area contributed by atoms with E-state index in [-0.39, 0.29) is 35.7 Å². The predicted octanol–water partition coefficient (Wildman–Crippen LogP) is 4.38. The van der Waals surface area contributed by atoms with E-state index in [2.05, 4.69) is 5.32 Å². The van der Waals surface area contributed by atoms with Crippen molar-refractivity contribution in [1.29, 1.82) is 0 Å². The van der Waals surface area contributed by atoms with Gasteiger partial charge in [0.2, 0.25) is 0 Å². The Balaban J connectivity index is 1.33. The van der Waals surface area contributed by atoms with E-state index in [1.165, 1.54) is 41.7 Å². The number of carbonyl (C=O) groups excluding carboxylic acids is 3. The molecule has 0 saturated carbocycles. The van der Waals surface area contributed by atoms with Crippen LogP contribution in [0.3, 0.4) is 0 Å². The lowest BCUT2D eigenvalue weighted by Crippen LogP contribution is -2.37. The van der Waals surface area contributed by atoms with Gasteiger partial charge in [0, 0.05) is 35.7 Å². The second-order valence-electron chi connectivity index (χ2n) is 6.57. The quantitative estimate of drug-likeness (QED) is 0.309. The van der Waals surface area contributed by atoms with Crippen LogP contribution in [0.4, 0.5) is 10.5 Å². The molecule has 0 spiro atoms. The monoisotopic (exact) mass is 469 g/mol. The third kappa shape index (κ3) is 4.63. The summed E-state index contributed by atoms with van der Waals surface area (Å²) in [7, 11) is 0. The van der Waals surface area contributed by atoms with Crippen LogP contribution in [0, 0.1) is 10.1 Å². The highest BCUT2D eigenvalue weighted by atomic mass is 32.2. The van der Waals surface area contributed by atoms with E-state index in [1.54, 1.807) is 12.1 Å². The van der Waals surface area contributed by atoms with Crippen molar-refractivity contribution in [3.05, 3.63) is 79.6 Å². The van der Waals surface area contributed by atoms with Gasteiger partial charge in [0.05, 0.1) is 9.83 Å². The normalized spacial score (nSPS) is 14.9. The summed E-state index contributed by atoms with van der Waals surface area (Å²) in [6.45, 7) is 0.102. The SMILES string of the molecule is O=C(NCCN1C(=O)S/C(=C/c2cccs2)C1=O)c1ccc(-c2ccc([N+](=O)[O-])cc2)o1. The average molecular weight is 470 g/mol. The van der Waals surface area contributed by atoms with Gasteiger partial charge in [0.25, 0.3) is 22.7 Å². The minimum Gasteiger partial charge on any atom is -0.451 e. The van der Waals surface area contributed by atoms with Crippen molar-refractivity contribution in [3.8, 4) is 11.3 Å². The second-order valence-corrected chi connectivity index (χ2v) is 8.55. The Morgan fingerprint density at radius 3 is 2.62 bits per heavy atom. The van der Waals surface area contributed by atoms with E-state index in [0.29, 0.717) is 16.2 Å². The van der Waals surface area contributed by atoms with Gasteiger partial charge < -0.3 is 9.73 Å². The first-order chi connectivity index (χ1) is 15.4. The molecule has 0 unspecified atom stereocenters. The van der Waals surface area contributed by atoms with Crippen LogP contribution in [-0.2, 0) is 4.79 Å². The van der Waals surface area contributed by atoms with Gasteiger partial charge in [-0.2, -0.15) is 0 Å². The number of non-ortho nitro benzene ring substituents is 1. The number of benzene rings is 1. The van der Waals surface area contributed by atoms with Crippen molar-refractivity contribution in [3.63, 3.8) is 0 Å². The summed E-state index contributed by atoms with van der Waals surface area (Å²) in [5.41, 5.74) is 0.542. The molecule has 3 heterocycles. The van der Waals surface area contributed by atoms with E-state index in [1.807, 2.05) is 17.5 Å². The molecule has 11 heteroatoms. The third-order valence-corrected chi connectivity index (χ3v) is 6.23. The van der Waals surface area contributed by atoms with E-state index in [0.717, 1.165) is 21.5 Å². The lowest BCUT2D eigenvalue weighted by Gasteiger charge is -2.12. The van der Waals surface area contributed by atoms with Crippen LogP contribution in [0.5, 0.6) is 0 Å². The zero-order valence-corrected chi connectivity index (χ0v) is 18.0. The fourth-order valence-electron chi connectivity index (χ4n) is 2.93. The number of hydrogen-bond acceptors (Lipinski definition) is 8. The standard InChI is InChI=1S/C21H15N3O6S2/c25-19(17-8-7-16(30-17)13-3-5-14(6-4-13)24(28)29)22-9-10-23-20(26)18(32-21(23)27)12-15-2-1-11-31-15/h1-8,11-12H,9-10H2,(H,22,25)/b18-12+. The highest BCUT2D eigenvalue weighted by Crippen LogP contribution is 2.32. The number of thiophene rings is 1. The molecule has 0 bridgehead atoms. The zero-order valence-electron chi connectivity index (χ0n) is 16.3. The number of thioether (sulfide) groups is 1. The molecule has 1 aliphatic rings. The summed E-state index contributed by atoms with van der Waals surface area (Å²) in [6.07, 6.45) is 1.68. The molecule has 2 aromatic heterocycles. The first-order valence-electron chi connectivity index (χ1n) is 9.34. The molecule has 0 radical (unpaired) electrons. The van der Waals surface area contributed by atoms with Gasteiger partial charge in [-0.15, -0.1) is 11.3 Å². The van der Waals surface area contributed by atoms with Crippen molar-refractivity contribution in [1.82, 2.24) is 10.2 Å². The Morgan fingerprint density at radius 2 is 1.94 bits per heavy atom. The van der Waals surface area contributed by atoms with Gasteiger partial charge in [0.15, 0.2) is 5.76 Å². The van der Waals surface area contributed by atoms with E-state index < -0.39 is 10.8 Å². The fraction of sp³-hybridized carbons (Fsp3) is 0.0952. The Kier molecular flexibility index (Phi) is 6.19. The summed E-state index contributed by atoms with van der Waals surface area (Å²) in [5, 5.41) is 14.9. The average Bonchev–Trinajstić information content (AvgIpc) is 3.52. The number of imide groups is 1. The summed E-state index contributed by atoms with van der Waals surface area (Å²) in [6, 6.07) is 12.5. The molecular weight excluding hydrogens is 454 g/mol. The van der Waals surface area contributed by atoms with Crippen LogP contribution in [0.25, 0.3) is 17.4 Å². The number of furan rings is 1. The summed E-state index contributed by atoms with van der Waals surface area (Å²) >= 11 is 2.34.